The van der Waals surface area contributed by atoms with Gasteiger partial charge in [0, 0.05) is 0 Å². The number of rotatable bonds is 12. The van der Waals surface area contributed by atoms with Gasteiger partial charge in [0.05, 0.1) is 6.54 Å². The van der Waals surface area contributed by atoms with E-state index in [1.54, 1.807) is 0 Å². The average molecular weight is 279 g/mol. The molecule has 0 unspecified atom stereocenters. The Balaban J connectivity index is 4.45. The highest BCUT2D eigenvalue weighted by atomic mass is 16.1. The van der Waals surface area contributed by atoms with Crippen LogP contribution < -0.4 is 0 Å². The van der Waals surface area contributed by atoms with Gasteiger partial charge in [0.15, 0.2) is 5.66 Å². The average Bonchev–Trinajstić information content (AvgIpc) is 2.44. The summed E-state index contributed by atoms with van der Waals surface area (Å²) in [5.74, 6) is 0. The molecule has 6 heteroatoms. The zero-order valence-corrected chi connectivity index (χ0v) is 11.9. The first-order valence-corrected chi connectivity index (χ1v) is 6.96. The molecule has 0 aliphatic rings. The summed E-state index contributed by atoms with van der Waals surface area (Å²) in [5.41, 5.74) is -1.01. The molecule has 0 heterocycles. The van der Waals surface area contributed by atoms with E-state index in [9.17, 15) is 14.4 Å². The predicted octanol–water partition coefficient (Wildman–Crippen LogP) is 2.83. The Kier molecular flexibility index (Phi) is 11.1. The van der Waals surface area contributed by atoms with Crippen molar-refractivity contribution < 1.29 is 14.4 Å². The molecule has 0 bridgehead atoms. The van der Waals surface area contributed by atoms with Gasteiger partial charge in [0.2, 0.25) is 18.2 Å². The monoisotopic (exact) mass is 279 g/mol. The molecule has 0 saturated carbocycles. The summed E-state index contributed by atoms with van der Waals surface area (Å²) in [4.78, 5) is 42.0. The fourth-order valence-corrected chi connectivity index (χ4v) is 2.02. The van der Waals surface area contributed by atoms with Crippen molar-refractivity contribution in [2.45, 2.75) is 64.0 Å². The molecule has 0 fully saturated rings. The number of hydrogen-bond acceptors (Lipinski definition) is 6. The molecule has 0 N–H and O–H groups in total. The third-order valence-electron chi connectivity index (χ3n) is 3.10. The van der Waals surface area contributed by atoms with Gasteiger partial charge in [-0.25, -0.2) is 19.4 Å². The Morgan fingerprint density at radius 1 is 0.800 bits per heavy atom. The maximum atomic E-state index is 10.6. The molecule has 0 radical (unpaired) electrons. The molecule has 20 heavy (non-hydrogen) atoms. The van der Waals surface area contributed by atoms with Gasteiger partial charge in [-0.15, -0.1) is 0 Å². The maximum Gasteiger partial charge on any atom is 0.237 e. The summed E-state index contributed by atoms with van der Waals surface area (Å²) in [6.07, 6.45) is 10.8. The summed E-state index contributed by atoms with van der Waals surface area (Å²) in [6, 6.07) is 0. The second-order valence-electron chi connectivity index (χ2n) is 4.63. The Bertz CT molecular complexity index is 386. The third kappa shape index (κ3) is 8.28. The normalized spacial score (nSPS) is 12.4. The van der Waals surface area contributed by atoms with E-state index in [4.69, 9.17) is 0 Å². The summed E-state index contributed by atoms with van der Waals surface area (Å²) in [7, 11) is 0. The molecule has 0 amide bonds. The minimum atomic E-state index is -1.01. The van der Waals surface area contributed by atoms with Crippen LogP contribution >= 0.6 is 0 Å². The topological polar surface area (TPSA) is 88.3 Å². The highest BCUT2D eigenvalue weighted by Crippen LogP contribution is 2.27. The SMILES string of the molecule is CCCCCC(CCCCCN=C=O)(N=C=O)N=C=O. The highest BCUT2D eigenvalue weighted by molar-refractivity contribution is 5.39. The van der Waals surface area contributed by atoms with Crippen molar-refractivity contribution in [2.75, 3.05) is 6.54 Å². The van der Waals surface area contributed by atoms with E-state index >= 15 is 0 Å². The Morgan fingerprint density at radius 2 is 1.40 bits per heavy atom. The van der Waals surface area contributed by atoms with Crippen LogP contribution in [0.1, 0.15) is 58.3 Å². The molecule has 110 valence electrons. The molecule has 0 aromatic rings. The summed E-state index contributed by atoms with van der Waals surface area (Å²) < 4.78 is 0. The van der Waals surface area contributed by atoms with Crippen LogP contribution in [0.3, 0.4) is 0 Å². The molecule has 0 saturated heterocycles. The van der Waals surface area contributed by atoms with E-state index < -0.39 is 5.66 Å². The molecular formula is C14H21N3O3. The number of hydrogen-bond donors (Lipinski definition) is 0. The van der Waals surface area contributed by atoms with Crippen molar-refractivity contribution in [3.63, 3.8) is 0 Å². The first-order valence-electron chi connectivity index (χ1n) is 6.96. The zero-order chi connectivity index (χ0) is 15.1. The number of aliphatic imine (C=N–C) groups is 3. The largest absolute Gasteiger partial charge is 0.237 e. The lowest BCUT2D eigenvalue weighted by Crippen LogP contribution is -2.23. The molecule has 0 aliphatic carbocycles. The molecule has 6 nitrogen and oxygen atoms in total. The van der Waals surface area contributed by atoms with Gasteiger partial charge in [-0.3, -0.25) is 0 Å². The fraction of sp³-hybridized carbons (Fsp3) is 0.786. The Labute approximate surface area is 119 Å². The third-order valence-corrected chi connectivity index (χ3v) is 3.10. The number of nitrogens with zero attached hydrogens (tertiary/aromatic N) is 3. The van der Waals surface area contributed by atoms with Crippen LogP contribution in [0.4, 0.5) is 0 Å². The van der Waals surface area contributed by atoms with Gasteiger partial charge in [0.25, 0.3) is 0 Å². The summed E-state index contributed by atoms with van der Waals surface area (Å²) >= 11 is 0. The van der Waals surface area contributed by atoms with E-state index in [-0.39, 0.29) is 0 Å². The predicted molar refractivity (Wildman–Crippen MR) is 74.6 cm³/mol. The second kappa shape index (κ2) is 12.2. The van der Waals surface area contributed by atoms with Gasteiger partial charge >= 0.3 is 0 Å². The van der Waals surface area contributed by atoms with Gasteiger partial charge in [-0.2, -0.15) is 9.98 Å². The zero-order valence-electron chi connectivity index (χ0n) is 11.9. The standard InChI is InChI=1S/C14H21N3O3/c1-2-3-5-8-14(16-12-19,17-13-20)9-6-4-7-10-15-11-18/h2-10H2,1H3. The van der Waals surface area contributed by atoms with E-state index in [0.717, 1.165) is 38.5 Å². The molecule has 0 aliphatic heterocycles. The van der Waals surface area contributed by atoms with Crippen molar-refractivity contribution in [3.05, 3.63) is 0 Å². The molecule has 0 atom stereocenters. The van der Waals surface area contributed by atoms with E-state index in [0.29, 0.717) is 19.4 Å². The Hall–Kier alpha value is -1.86. The van der Waals surface area contributed by atoms with Gasteiger partial charge in [0.1, 0.15) is 0 Å². The van der Waals surface area contributed by atoms with Crippen LogP contribution in [-0.2, 0) is 14.4 Å². The quantitative estimate of drug-likeness (QED) is 0.312. The van der Waals surface area contributed by atoms with E-state index in [2.05, 4.69) is 21.9 Å². The lowest BCUT2D eigenvalue weighted by molar-refractivity contribution is 0.351. The molecule has 0 rings (SSSR count). The van der Waals surface area contributed by atoms with Crippen LogP contribution in [0.5, 0.6) is 0 Å². The maximum absolute atomic E-state index is 10.6. The lowest BCUT2D eigenvalue weighted by atomic mass is 9.96. The van der Waals surface area contributed by atoms with Gasteiger partial charge < -0.3 is 0 Å². The Morgan fingerprint density at radius 3 is 1.90 bits per heavy atom. The summed E-state index contributed by atoms with van der Waals surface area (Å²) in [6.45, 7) is 2.52. The van der Waals surface area contributed by atoms with Crippen LogP contribution in [0.25, 0.3) is 0 Å². The fourth-order valence-electron chi connectivity index (χ4n) is 2.02. The smallest absolute Gasteiger partial charge is 0.211 e. The minimum absolute atomic E-state index is 0.445. The number of isocyanates is 3. The first-order chi connectivity index (χ1) is 9.74. The van der Waals surface area contributed by atoms with Crippen molar-refractivity contribution in [2.24, 2.45) is 15.0 Å². The second-order valence-corrected chi connectivity index (χ2v) is 4.63. The van der Waals surface area contributed by atoms with Gasteiger partial charge in [-0.1, -0.05) is 26.2 Å². The molecule has 0 spiro atoms. The van der Waals surface area contributed by atoms with Gasteiger partial charge in [-0.05, 0) is 32.1 Å². The van der Waals surface area contributed by atoms with Crippen molar-refractivity contribution in [1.82, 2.24) is 0 Å². The molecule has 0 aromatic carbocycles. The first kappa shape index (κ1) is 18.1. The summed E-state index contributed by atoms with van der Waals surface area (Å²) in [5, 5.41) is 0. The lowest BCUT2D eigenvalue weighted by Gasteiger charge is -2.21. The van der Waals surface area contributed by atoms with E-state index in [1.807, 2.05) is 0 Å². The highest BCUT2D eigenvalue weighted by Gasteiger charge is 2.28. The molecule has 0 aromatic heterocycles. The van der Waals surface area contributed by atoms with Crippen LogP contribution in [-0.4, -0.2) is 30.4 Å². The van der Waals surface area contributed by atoms with Crippen LogP contribution in [0.15, 0.2) is 15.0 Å². The van der Waals surface area contributed by atoms with Crippen molar-refractivity contribution in [1.29, 1.82) is 0 Å². The van der Waals surface area contributed by atoms with Crippen LogP contribution in [0.2, 0.25) is 0 Å². The van der Waals surface area contributed by atoms with E-state index in [1.165, 1.54) is 18.2 Å². The molecular weight excluding hydrogens is 258 g/mol. The van der Waals surface area contributed by atoms with Crippen LogP contribution in [0, 0.1) is 0 Å². The van der Waals surface area contributed by atoms with Crippen molar-refractivity contribution >= 4 is 18.2 Å². The van der Waals surface area contributed by atoms with Crippen molar-refractivity contribution in [3.8, 4) is 0 Å². The minimum Gasteiger partial charge on any atom is -0.211 e. The number of carbonyl (C=O) groups excluding carboxylic acids is 3. The number of unbranched alkanes of at least 4 members (excludes halogenated alkanes) is 4.